The fourth-order valence-corrected chi connectivity index (χ4v) is 2.21. The minimum Gasteiger partial charge on any atom is -0.357 e. The number of carbonyl (C=O) groups excluding carboxylic acids is 4. The minimum absolute atomic E-state index is 0.200. The maximum absolute atomic E-state index is 12.5. The summed E-state index contributed by atoms with van der Waals surface area (Å²) in [5, 5.41) is 5.06. The van der Waals surface area contributed by atoms with E-state index in [1.807, 2.05) is 13.8 Å². The van der Waals surface area contributed by atoms with Gasteiger partial charge in [-0.15, -0.1) is 0 Å². The van der Waals surface area contributed by atoms with Gasteiger partial charge in [0.15, 0.2) is 0 Å². The number of nitrogens with zero attached hydrogens (tertiary/aromatic N) is 2. The van der Waals surface area contributed by atoms with E-state index in [0.717, 1.165) is 4.90 Å². The van der Waals surface area contributed by atoms with Crippen LogP contribution in [0.5, 0.6) is 0 Å². The van der Waals surface area contributed by atoms with Crippen LogP contribution in [-0.2, 0) is 14.4 Å². The van der Waals surface area contributed by atoms with E-state index in [-0.39, 0.29) is 24.2 Å². The van der Waals surface area contributed by atoms with Gasteiger partial charge in [-0.1, -0.05) is 20.8 Å². The third kappa shape index (κ3) is 6.17. The summed E-state index contributed by atoms with van der Waals surface area (Å²) in [7, 11) is 4.33. The Hall–Kier alpha value is -2.12. The average Bonchev–Trinajstić information content (AvgIpc) is 2.55. The van der Waals surface area contributed by atoms with E-state index < -0.39 is 24.0 Å². The van der Waals surface area contributed by atoms with Gasteiger partial charge in [-0.25, -0.2) is 4.79 Å². The monoisotopic (exact) mass is 342 g/mol. The first-order valence-corrected chi connectivity index (χ1v) is 8.12. The highest BCUT2D eigenvalue weighted by molar-refractivity contribution is 5.99. The van der Waals surface area contributed by atoms with Crippen molar-refractivity contribution in [3.05, 3.63) is 0 Å². The summed E-state index contributed by atoms with van der Waals surface area (Å²) < 4.78 is 0. The van der Waals surface area contributed by atoms with E-state index >= 15 is 0 Å². The van der Waals surface area contributed by atoms with Crippen molar-refractivity contribution in [1.29, 1.82) is 0 Å². The molecule has 0 aromatic rings. The maximum atomic E-state index is 12.5. The summed E-state index contributed by atoms with van der Waals surface area (Å²) in [5.74, 6) is -0.888. The van der Waals surface area contributed by atoms with Gasteiger partial charge in [-0.05, 0) is 19.3 Å². The third-order valence-corrected chi connectivity index (χ3v) is 3.70. The molecular formula is C16H30N4O4. The van der Waals surface area contributed by atoms with Crippen LogP contribution in [0.1, 0.15) is 40.5 Å². The Balaban J connectivity index is 5.10. The predicted octanol–water partition coefficient (Wildman–Crippen LogP) is 0.572. The van der Waals surface area contributed by atoms with Crippen molar-refractivity contribution in [3.63, 3.8) is 0 Å². The summed E-state index contributed by atoms with van der Waals surface area (Å²) in [4.78, 5) is 50.4. The number of urea groups is 1. The van der Waals surface area contributed by atoms with Crippen LogP contribution in [0.4, 0.5) is 4.79 Å². The first kappa shape index (κ1) is 21.9. The zero-order valence-corrected chi connectivity index (χ0v) is 15.7. The largest absolute Gasteiger partial charge is 0.357 e. The molecule has 0 aliphatic heterocycles. The van der Waals surface area contributed by atoms with Gasteiger partial charge in [0.25, 0.3) is 5.91 Å². The maximum Gasteiger partial charge on any atom is 0.326 e. The number of imide groups is 1. The number of rotatable bonds is 7. The van der Waals surface area contributed by atoms with Crippen molar-refractivity contribution in [2.24, 2.45) is 5.92 Å². The molecule has 0 spiro atoms. The molecule has 24 heavy (non-hydrogen) atoms. The molecule has 0 fully saturated rings. The van der Waals surface area contributed by atoms with Crippen LogP contribution in [0.3, 0.4) is 0 Å². The highest BCUT2D eigenvalue weighted by Gasteiger charge is 2.32. The van der Waals surface area contributed by atoms with Gasteiger partial charge in [0, 0.05) is 27.6 Å². The summed E-state index contributed by atoms with van der Waals surface area (Å²) in [6.07, 6.45) is 0.731. The lowest BCUT2D eigenvalue weighted by molar-refractivity contribution is -0.133. The molecule has 0 rings (SSSR count). The zero-order chi connectivity index (χ0) is 19.0. The van der Waals surface area contributed by atoms with Crippen molar-refractivity contribution in [2.75, 3.05) is 21.1 Å². The smallest absolute Gasteiger partial charge is 0.326 e. The van der Waals surface area contributed by atoms with Crippen LogP contribution < -0.4 is 10.6 Å². The second-order valence-corrected chi connectivity index (χ2v) is 6.19. The summed E-state index contributed by atoms with van der Waals surface area (Å²) in [6.45, 7) is 7.09. The predicted molar refractivity (Wildman–Crippen MR) is 91.1 cm³/mol. The second-order valence-electron chi connectivity index (χ2n) is 6.19. The Morgan fingerprint density at radius 1 is 1.04 bits per heavy atom. The molecule has 8 nitrogen and oxygen atoms in total. The Morgan fingerprint density at radius 3 is 2.00 bits per heavy atom. The first-order valence-electron chi connectivity index (χ1n) is 8.12. The number of carbonyl (C=O) groups is 4. The molecule has 5 amide bonds. The highest BCUT2D eigenvalue weighted by atomic mass is 16.2. The van der Waals surface area contributed by atoms with Crippen LogP contribution in [0, 0.1) is 5.92 Å². The topological polar surface area (TPSA) is 98.8 Å². The number of hydrogen-bond acceptors (Lipinski definition) is 4. The molecule has 0 saturated carbocycles. The highest BCUT2D eigenvalue weighted by Crippen LogP contribution is 2.13. The number of hydrogen-bond donors (Lipinski definition) is 2. The molecule has 0 aromatic heterocycles. The third-order valence-electron chi connectivity index (χ3n) is 3.70. The lowest BCUT2D eigenvalue weighted by atomic mass is 10.0. The van der Waals surface area contributed by atoms with Gasteiger partial charge in [-0.3, -0.25) is 19.3 Å². The van der Waals surface area contributed by atoms with Crippen molar-refractivity contribution in [1.82, 2.24) is 20.4 Å². The zero-order valence-electron chi connectivity index (χ0n) is 15.7. The van der Waals surface area contributed by atoms with Crippen molar-refractivity contribution in [3.8, 4) is 0 Å². The molecule has 0 radical (unpaired) electrons. The standard InChI is InChI=1S/C16H30N4O4/c1-8-13(21)18-11(4)15(23)20(7)16(24)19(6)12(9-10(2)3)14(22)17-5/h10-12H,8-9H2,1-7H3,(H,17,22)(H,18,21)/t11-,12-/m0/s1. The average molecular weight is 342 g/mol. The van der Waals surface area contributed by atoms with Crippen LogP contribution >= 0.6 is 0 Å². The number of likely N-dealkylation sites (N-methyl/N-ethyl adjacent to an activating group) is 3. The SMILES string of the molecule is CCC(=O)N[C@@H](C)C(=O)N(C)C(=O)N(C)[C@@H](CC(C)C)C(=O)NC. The van der Waals surface area contributed by atoms with E-state index in [9.17, 15) is 19.2 Å². The van der Waals surface area contributed by atoms with Crippen LogP contribution in [0.2, 0.25) is 0 Å². The van der Waals surface area contributed by atoms with Gasteiger partial charge >= 0.3 is 6.03 Å². The summed E-state index contributed by atoms with van der Waals surface area (Å²) in [6, 6.07) is -2.08. The normalized spacial score (nSPS) is 13.0. The quantitative estimate of drug-likeness (QED) is 0.707. The molecule has 0 aliphatic carbocycles. The molecule has 0 aliphatic rings. The Morgan fingerprint density at radius 2 is 1.58 bits per heavy atom. The molecule has 0 bridgehead atoms. The van der Waals surface area contributed by atoms with Crippen LogP contribution in [0.25, 0.3) is 0 Å². The fraction of sp³-hybridized carbons (Fsp3) is 0.750. The molecule has 2 N–H and O–H groups in total. The van der Waals surface area contributed by atoms with E-state index in [2.05, 4.69) is 10.6 Å². The van der Waals surface area contributed by atoms with Gasteiger partial charge < -0.3 is 15.5 Å². The molecule has 0 saturated heterocycles. The molecule has 2 atom stereocenters. The molecule has 0 heterocycles. The minimum atomic E-state index is -0.816. The van der Waals surface area contributed by atoms with E-state index in [1.54, 1.807) is 6.92 Å². The van der Waals surface area contributed by atoms with Crippen molar-refractivity contribution < 1.29 is 19.2 Å². The van der Waals surface area contributed by atoms with E-state index in [0.29, 0.717) is 6.42 Å². The number of amides is 5. The Bertz CT molecular complexity index is 479. The molecule has 138 valence electrons. The van der Waals surface area contributed by atoms with Gasteiger partial charge in [0.2, 0.25) is 11.8 Å². The Kier molecular flexibility index (Phi) is 9.02. The Labute approximate surface area is 143 Å². The molecular weight excluding hydrogens is 312 g/mol. The van der Waals surface area contributed by atoms with Gasteiger partial charge in [0.05, 0.1) is 0 Å². The van der Waals surface area contributed by atoms with Crippen molar-refractivity contribution in [2.45, 2.75) is 52.6 Å². The molecule has 8 heteroatoms. The fourth-order valence-electron chi connectivity index (χ4n) is 2.21. The summed E-state index contributed by atoms with van der Waals surface area (Å²) >= 11 is 0. The van der Waals surface area contributed by atoms with Crippen molar-refractivity contribution >= 4 is 23.8 Å². The van der Waals surface area contributed by atoms with E-state index in [1.165, 1.54) is 33.0 Å². The second kappa shape index (κ2) is 9.89. The molecule has 0 unspecified atom stereocenters. The lowest BCUT2D eigenvalue weighted by Crippen LogP contribution is -2.55. The van der Waals surface area contributed by atoms with Crippen LogP contribution in [0.15, 0.2) is 0 Å². The van der Waals surface area contributed by atoms with Crippen LogP contribution in [-0.4, -0.2) is 66.8 Å². The van der Waals surface area contributed by atoms with Gasteiger partial charge in [-0.2, -0.15) is 0 Å². The number of nitrogens with one attached hydrogen (secondary N) is 2. The lowest BCUT2D eigenvalue weighted by Gasteiger charge is -2.31. The van der Waals surface area contributed by atoms with E-state index in [4.69, 9.17) is 0 Å². The summed E-state index contributed by atoms with van der Waals surface area (Å²) in [5.41, 5.74) is 0. The first-order chi connectivity index (χ1) is 11.1. The molecule has 0 aromatic carbocycles. The van der Waals surface area contributed by atoms with Gasteiger partial charge in [0.1, 0.15) is 12.1 Å².